The largest absolute Gasteiger partial charge is 0.494 e. The molecule has 136 valence electrons. The monoisotopic (exact) mass is 355 g/mol. The van der Waals surface area contributed by atoms with Gasteiger partial charge in [0.25, 0.3) is 5.91 Å². The molecule has 0 unspecified atom stereocenters. The summed E-state index contributed by atoms with van der Waals surface area (Å²) in [6.07, 6.45) is 0.101. The van der Waals surface area contributed by atoms with Gasteiger partial charge in [-0.05, 0) is 48.9 Å². The van der Waals surface area contributed by atoms with E-state index in [2.05, 4.69) is 16.2 Å². The predicted molar refractivity (Wildman–Crippen MR) is 97.7 cm³/mol. The van der Waals surface area contributed by atoms with E-state index in [1.165, 1.54) is 6.92 Å². The molecule has 0 aliphatic carbocycles. The molecule has 7 heteroatoms. The standard InChI is InChI=1S/C19H21N3O4/c1-3-26-17-10-6-15(7-11-17)19(25)22-21-18(24)12-14-4-8-16(9-5-14)20-13(2)23/h4-11H,3,12H2,1-2H3,(H,20,23)(H,21,24)(H,22,25). The molecule has 3 N–H and O–H groups in total. The minimum absolute atomic E-state index is 0.101. The van der Waals surface area contributed by atoms with Crippen molar-refractivity contribution in [2.24, 2.45) is 0 Å². The number of amides is 3. The fourth-order valence-corrected chi connectivity index (χ4v) is 2.21. The summed E-state index contributed by atoms with van der Waals surface area (Å²) in [5, 5.41) is 2.65. The van der Waals surface area contributed by atoms with Gasteiger partial charge in [0.2, 0.25) is 11.8 Å². The second-order valence-electron chi connectivity index (χ2n) is 5.51. The number of hydrogen-bond donors (Lipinski definition) is 3. The van der Waals surface area contributed by atoms with Crippen LogP contribution in [0.3, 0.4) is 0 Å². The zero-order valence-corrected chi connectivity index (χ0v) is 14.7. The molecule has 0 bridgehead atoms. The summed E-state index contributed by atoms with van der Waals surface area (Å²) < 4.78 is 5.31. The van der Waals surface area contributed by atoms with Crippen LogP contribution in [0.1, 0.15) is 29.8 Å². The Labute approximate surface area is 151 Å². The van der Waals surface area contributed by atoms with E-state index < -0.39 is 5.91 Å². The highest BCUT2D eigenvalue weighted by atomic mass is 16.5. The summed E-state index contributed by atoms with van der Waals surface area (Å²) in [4.78, 5) is 34.9. The van der Waals surface area contributed by atoms with E-state index in [1.807, 2.05) is 6.92 Å². The van der Waals surface area contributed by atoms with Gasteiger partial charge in [-0.25, -0.2) is 0 Å². The smallest absolute Gasteiger partial charge is 0.269 e. The number of anilines is 1. The van der Waals surface area contributed by atoms with Crippen molar-refractivity contribution in [3.63, 3.8) is 0 Å². The molecule has 0 spiro atoms. The molecule has 0 aliphatic heterocycles. The minimum atomic E-state index is -0.414. The number of ether oxygens (including phenoxy) is 1. The molecule has 2 aromatic rings. The zero-order valence-electron chi connectivity index (χ0n) is 14.7. The Hall–Kier alpha value is -3.35. The lowest BCUT2D eigenvalue weighted by atomic mass is 10.1. The van der Waals surface area contributed by atoms with Gasteiger partial charge in [-0.3, -0.25) is 25.2 Å². The number of benzene rings is 2. The van der Waals surface area contributed by atoms with Gasteiger partial charge < -0.3 is 10.1 Å². The Morgan fingerprint density at radius 3 is 2.15 bits per heavy atom. The maximum absolute atomic E-state index is 12.0. The SMILES string of the molecule is CCOc1ccc(C(=O)NNC(=O)Cc2ccc(NC(C)=O)cc2)cc1. The van der Waals surface area contributed by atoms with Gasteiger partial charge >= 0.3 is 0 Å². The zero-order chi connectivity index (χ0) is 18.9. The lowest BCUT2D eigenvalue weighted by Gasteiger charge is -2.09. The van der Waals surface area contributed by atoms with E-state index in [0.29, 0.717) is 23.6 Å². The third kappa shape index (κ3) is 5.94. The van der Waals surface area contributed by atoms with Crippen molar-refractivity contribution in [2.75, 3.05) is 11.9 Å². The van der Waals surface area contributed by atoms with Crippen molar-refractivity contribution >= 4 is 23.4 Å². The topological polar surface area (TPSA) is 96.5 Å². The molecule has 0 aromatic heterocycles. The van der Waals surface area contributed by atoms with Gasteiger partial charge in [-0.1, -0.05) is 12.1 Å². The highest BCUT2D eigenvalue weighted by Crippen LogP contribution is 2.12. The molecule has 0 heterocycles. The summed E-state index contributed by atoms with van der Waals surface area (Å²) in [5.41, 5.74) is 6.57. The van der Waals surface area contributed by atoms with E-state index in [1.54, 1.807) is 48.5 Å². The van der Waals surface area contributed by atoms with Crippen LogP contribution in [-0.2, 0) is 16.0 Å². The van der Waals surface area contributed by atoms with Crippen molar-refractivity contribution in [1.82, 2.24) is 10.9 Å². The molecule has 2 rings (SSSR count). The Balaban J connectivity index is 1.82. The van der Waals surface area contributed by atoms with Crippen LogP contribution in [0.5, 0.6) is 5.75 Å². The average molecular weight is 355 g/mol. The van der Waals surface area contributed by atoms with Gasteiger partial charge in [0, 0.05) is 18.2 Å². The Morgan fingerprint density at radius 2 is 1.58 bits per heavy atom. The third-order valence-electron chi connectivity index (χ3n) is 3.38. The van der Waals surface area contributed by atoms with Crippen LogP contribution in [0.4, 0.5) is 5.69 Å². The second kappa shape index (κ2) is 9.22. The molecule has 0 saturated carbocycles. The maximum Gasteiger partial charge on any atom is 0.269 e. The molecule has 0 radical (unpaired) electrons. The summed E-state index contributed by atoms with van der Waals surface area (Å²) in [5.74, 6) is -0.248. The van der Waals surface area contributed by atoms with Gasteiger partial charge in [-0.2, -0.15) is 0 Å². The van der Waals surface area contributed by atoms with Gasteiger partial charge in [0.15, 0.2) is 0 Å². The summed E-state index contributed by atoms with van der Waals surface area (Å²) in [6, 6.07) is 13.5. The fourth-order valence-electron chi connectivity index (χ4n) is 2.21. The highest BCUT2D eigenvalue weighted by Gasteiger charge is 2.08. The van der Waals surface area contributed by atoms with Gasteiger partial charge in [0.1, 0.15) is 5.75 Å². The lowest BCUT2D eigenvalue weighted by molar-refractivity contribution is -0.121. The van der Waals surface area contributed by atoms with E-state index in [-0.39, 0.29) is 18.2 Å². The van der Waals surface area contributed by atoms with Crippen molar-refractivity contribution in [1.29, 1.82) is 0 Å². The predicted octanol–water partition coefficient (Wildman–Crippen LogP) is 2.05. The van der Waals surface area contributed by atoms with E-state index in [4.69, 9.17) is 4.74 Å². The molecule has 7 nitrogen and oxygen atoms in total. The number of rotatable bonds is 6. The molecule has 0 aliphatic rings. The first kappa shape index (κ1) is 19.0. The molecule has 3 amide bonds. The molecule has 0 fully saturated rings. The van der Waals surface area contributed by atoms with Crippen molar-refractivity contribution in [3.8, 4) is 5.75 Å². The number of hydrogen-bond acceptors (Lipinski definition) is 4. The van der Waals surface area contributed by atoms with E-state index in [9.17, 15) is 14.4 Å². The first-order valence-electron chi connectivity index (χ1n) is 8.16. The molecule has 26 heavy (non-hydrogen) atoms. The van der Waals surface area contributed by atoms with E-state index in [0.717, 1.165) is 5.56 Å². The second-order valence-corrected chi connectivity index (χ2v) is 5.51. The number of carbonyl (C=O) groups excluding carboxylic acids is 3. The maximum atomic E-state index is 12.0. The fraction of sp³-hybridized carbons (Fsp3) is 0.211. The molecular formula is C19H21N3O4. The quantitative estimate of drug-likeness (QED) is 0.691. The van der Waals surface area contributed by atoms with Gasteiger partial charge in [-0.15, -0.1) is 0 Å². The lowest BCUT2D eigenvalue weighted by Crippen LogP contribution is -2.42. The Kier molecular flexibility index (Phi) is 6.73. The van der Waals surface area contributed by atoms with Crippen molar-refractivity contribution in [3.05, 3.63) is 59.7 Å². The van der Waals surface area contributed by atoms with E-state index >= 15 is 0 Å². The Bertz CT molecular complexity index is 770. The summed E-state index contributed by atoms with van der Waals surface area (Å²) >= 11 is 0. The first-order valence-corrected chi connectivity index (χ1v) is 8.16. The highest BCUT2D eigenvalue weighted by molar-refractivity contribution is 5.95. The van der Waals surface area contributed by atoms with Crippen molar-refractivity contribution in [2.45, 2.75) is 20.3 Å². The van der Waals surface area contributed by atoms with Crippen LogP contribution in [0.15, 0.2) is 48.5 Å². The number of carbonyl (C=O) groups is 3. The molecule has 0 saturated heterocycles. The molecular weight excluding hydrogens is 334 g/mol. The molecule has 0 atom stereocenters. The molecule has 2 aromatic carbocycles. The number of nitrogens with one attached hydrogen (secondary N) is 3. The summed E-state index contributed by atoms with van der Waals surface area (Å²) in [7, 11) is 0. The number of hydrazine groups is 1. The average Bonchev–Trinajstić information content (AvgIpc) is 2.62. The van der Waals surface area contributed by atoms with Crippen LogP contribution in [0.2, 0.25) is 0 Å². The van der Waals surface area contributed by atoms with Crippen LogP contribution in [0, 0.1) is 0 Å². The van der Waals surface area contributed by atoms with Crippen LogP contribution in [0.25, 0.3) is 0 Å². The van der Waals surface area contributed by atoms with Crippen LogP contribution >= 0.6 is 0 Å². The first-order chi connectivity index (χ1) is 12.5. The van der Waals surface area contributed by atoms with Gasteiger partial charge in [0.05, 0.1) is 13.0 Å². The normalized spacial score (nSPS) is 9.92. The Morgan fingerprint density at radius 1 is 0.923 bits per heavy atom. The minimum Gasteiger partial charge on any atom is -0.494 e. The van der Waals surface area contributed by atoms with Crippen LogP contribution in [-0.4, -0.2) is 24.3 Å². The van der Waals surface area contributed by atoms with Crippen molar-refractivity contribution < 1.29 is 19.1 Å². The van der Waals surface area contributed by atoms with Crippen LogP contribution < -0.4 is 20.9 Å². The third-order valence-corrected chi connectivity index (χ3v) is 3.38. The summed E-state index contributed by atoms with van der Waals surface area (Å²) in [6.45, 7) is 3.85.